The zero-order valence-electron chi connectivity index (χ0n) is 11.1. The van der Waals surface area contributed by atoms with Gasteiger partial charge in [0.2, 0.25) is 0 Å². The summed E-state index contributed by atoms with van der Waals surface area (Å²) >= 11 is 0. The van der Waals surface area contributed by atoms with Crippen molar-refractivity contribution in [2.45, 2.75) is 25.6 Å². The van der Waals surface area contributed by atoms with Gasteiger partial charge in [-0.25, -0.2) is 4.79 Å². The Hall–Kier alpha value is -2.02. The summed E-state index contributed by atoms with van der Waals surface area (Å²) in [7, 11) is 0. The van der Waals surface area contributed by atoms with Gasteiger partial charge in [-0.15, -0.1) is 0 Å². The molecule has 0 saturated heterocycles. The number of alkyl halides is 3. The van der Waals surface area contributed by atoms with E-state index in [4.69, 9.17) is 9.15 Å². The second-order valence-corrected chi connectivity index (χ2v) is 4.51. The van der Waals surface area contributed by atoms with E-state index in [2.05, 4.69) is 0 Å². The van der Waals surface area contributed by atoms with Gasteiger partial charge in [-0.1, -0.05) is 6.92 Å². The van der Waals surface area contributed by atoms with Crippen LogP contribution in [0.2, 0.25) is 0 Å². The van der Waals surface area contributed by atoms with Crippen LogP contribution in [0.3, 0.4) is 0 Å². The van der Waals surface area contributed by atoms with Crippen LogP contribution < -0.4 is 10.4 Å². The van der Waals surface area contributed by atoms with E-state index in [1.165, 1.54) is 18.2 Å². The lowest BCUT2D eigenvalue weighted by Crippen LogP contribution is -2.16. The molecule has 1 aromatic heterocycles. The highest BCUT2D eigenvalue weighted by Gasteiger charge is 2.33. The summed E-state index contributed by atoms with van der Waals surface area (Å²) in [4.78, 5) is 11.2. The minimum Gasteiger partial charge on any atom is -0.491 e. The molecule has 1 heterocycles. The van der Waals surface area contributed by atoms with Gasteiger partial charge in [0.05, 0.1) is 11.7 Å². The van der Waals surface area contributed by atoms with Crippen LogP contribution >= 0.6 is 0 Å². The first-order valence-electron chi connectivity index (χ1n) is 6.27. The minimum absolute atomic E-state index is 0.00516. The van der Waals surface area contributed by atoms with Crippen LogP contribution in [0.25, 0.3) is 11.0 Å². The molecule has 21 heavy (non-hydrogen) atoms. The summed E-state index contributed by atoms with van der Waals surface area (Å²) in [6.07, 6.45) is -4.83. The molecule has 1 aromatic carbocycles. The van der Waals surface area contributed by atoms with Crippen molar-refractivity contribution >= 4 is 11.0 Å². The lowest BCUT2D eigenvalue weighted by molar-refractivity contribution is -0.136. The largest absolute Gasteiger partial charge is 0.491 e. The van der Waals surface area contributed by atoms with E-state index in [0.717, 1.165) is 0 Å². The SMILES string of the molecule is CC[C@@H](O)COc1ccc2c(C(F)(F)F)cc(=O)oc2c1. The predicted molar refractivity (Wildman–Crippen MR) is 69.3 cm³/mol. The van der Waals surface area contributed by atoms with Gasteiger partial charge >= 0.3 is 11.8 Å². The number of halogens is 3. The Balaban J connectivity index is 2.42. The van der Waals surface area contributed by atoms with E-state index in [-0.39, 0.29) is 23.3 Å². The highest BCUT2D eigenvalue weighted by Crippen LogP contribution is 2.34. The summed E-state index contributed by atoms with van der Waals surface area (Å²) in [5, 5.41) is 9.16. The summed E-state index contributed by atoms with van der Waals surface area (Å²) in [5.41, 5.74) is -2.34. The average molecular weight is 302 g/mol. The standard InChI is InChI=1S/C14H13F3O4/c1-2-8(18)7-20-9-3-4-10-11(14(15,16)17)6-13(19)21-12(10)5-9/h3-6,8,18H,2,7H2,1H3/t8-/m1/s1. The fourth-order valence-corrected chi connectivity index (χ4v) is 1.78. The molecule has 1 N–H and O–H groups in total. The Kier molecular flexibility index (Phi) is 4.22. The van der Waals surface area contributed by atoms with E-state index in [0.29, 0.717) is 12.5 Å². The van der Waals surface area contributed by atoms with Crippen LogP contribution in [0.5, 0.6) is 5.75 Å². The Labute approximate surface area is 117 Å². The number of rotatable bonds is 4. The lowest BCUT2D eigenvalue weighted by Gasteiger charge is -2.12. The maximum atomic E-state index is 12.9. The lowest BCUT2D eigenvalue weighted by atomic mass is 10.1. The van der Waals surface area contributed by atoms with Crippen molar-refractivity contribution in [3.05, 3.63) is 40.2 Å². The van der Waals surface area contributed by atoms with Crippen molar-refractivity contribution in [1.82, 2.24) is 0 Å². The Bertz CT molecular complexity index is 691. The summed E-state index contributed by atoms with van der Waals surface area (Å²) < 4.78 is 48.6. The van der Waals surface area contributed by atoms with Gasteiger partial charge in [-0.05, 0) is 18.6 Å². The second-order valence-electron chi connectivity index (χ2n) is 4.51. The van der Waals surface area contributed by atoms with E-state index in [1.54, 1.807) is 6.92 Å². The number of aliphatic hydroxyl groups is 1. The molecule has 4 nitrogen and oxygen atoms in total. The van der Waals surface area contributed by atoms with Gasteiger partial charge in [0, 0.05) is 17.5 Å². The molecular formula is C14H13F3O4. The van der Waals surface area contributed by atoms with E-state index < -0.39 is 23.5 Å². The first-order valence-corrected chi connectivity index (χ1v) is 6.27. The van der Waals surface area contributed by atoms with Crippen molar-refractivity contribution < 1.29 is 27.4 Å². The van der Waals surface area contributed by atoms with Crippen molar-refractivity contribution in [2.24, 2.45) is 0 Å². The highest BCUT2D eigenvalue weighted by atomic mass is 19.4. The van der Waals surface area contributed by atoms with Gasteiger partial charge in [0.15, 0.2) is 0 Å². The normalized spacial score (nSPS) is 13.4. The molecule has 0 unspecified atom stereocenters. The molecule has 0 saturated carbocycles. The summed E-state index contributed by atoms with van der Waals surface area (Å²) in [5.74, 6) is 0.220. The van der Waals surface area contributed by atoms with E-state index in [9.17, 15) is 23.1 Å². The van der Waals surface area contributed by atoms with Crippen molar-refractivity contribution in [1.29, 1.82) is 0 Å². The van der Waals surface area contributed by atoms with Gasteiger partial charge in [-0.2, -0.15) is 13.2 Å². The third-order valence-corrected chi connectivity index (χ3v) is 2.94. The van der Waals surface area contributed by atoms with Crippen LogP contribution in [0, 0.1) is 0 Å². The molecule has 114 valence electrons. The minimum atomic E-state index is -4.64. The fourth-order valence-electron chi connectivity index (χ4n) is 1.78. The number of benzene rings is 1. The monoisotopic (exact) mass is 302 g/mol. The number of hydrogen-bond donors (Lipinski definition) is 1. The average Bonchev–Trinajstić information content (AvgIpc) is 2.42. The molecule has 0 aliphatic heterocycles. The van der Waals surface area contributed by atoms with Gasteiger partial charge < -0.3 is 14.3 Å². The molecule has 0 radical (unpaired) electrons. The number of fused-ring (bicyclic) bond motifs is 1. The summed E-state index contributed by atoms with van der Waals surface area (Å²) in [6.45, 7) is 1.77. The van der Waals surface area contributed by atoms with E-state index >= 15 is 0 Å². The second kappa shape index (κ2) is 5.77. The number of aliphatic hydroxyl groups excluding tert-OH is 1. The zero-order valence-corrected chi connectivity index (χ0v) is 11.1. The van der Waals surface area contributed by atoms with Crippen molar-refractivity contribution in [3.63, 3.8) is 0 Å². The smallest absolute Gasteiger partial charge is 0.417 e. The first kappa shape index (κ1) is 15.4. The molecule has 0 aliphatic rings. The van der Waals surface area contributed by atoms with Crippen molar-refractivity contribution in [2.75, 3.05) is 6.61 Å². The quantitative estimate of drug-likeness (QED) is 0.882. The zero-order chi connectivity index (χ0) is 15.6. The summed E-state index contributed by atoms with van der Waals surface area (Å²) in [6, 6.07) is 4.13. The molecule has 0 bridgehead atoms. The van der Waals surface area contributed by atoms with Gasteiger partial charge in [0.25, 0.3) is 0 Å². The topological polar surface area (TPSA) is 59.7 Å². The van der Waals surface area contributed by atoms with Crippen LogP contribution in [0.1, 0.15) is 18.9 Å². The first-order chi connectivity index (χ1) is 9.81. The Morgan fingerprint density at radius 3 is 2.67 bits per heavy atom. The van der Waals surface area contributed by atoms with Crippen LogP contribution in [-0.4, -0.2) is 17.8 Å². The Morgan fingerprint density at radius 2 is 2.05 bits per heavy atom. The molecule has 0 spiro atoms. The highest BCUT2D eigenvalue weighted by molar-refractivity contribution is 5.82. The maximum absolute atomic E-state index is 12.9. The van der Waals surface area contributed by atoms with Gasteiger partial charge in [-0.3, -0.25) is 0 Å². The molecule has 1 atom stereocenters. The number of ether oxygens (including phenoxy) is 1. The van der Waals surface area contributed by atoms with Crippen LogP contribution in [-0.2, 0) is 6.18 Å². The predicted octanol–water partition coefficient (Wildman–Crippen LogP) is 2.96. The maximum Gasteiger partial charge on any atom is 0.417 e. The Morgan fingerprint density at radius 1 is 1.33 bits per heavy atom. The molecule has 2 rings (SSSR count). The number of hydrogen-bond acceptors (Lipinski definition) is 4. The van der Waals surface area contributed by atoms with Crippen molar-refractivity contribution in [3.8, 4) is 5.75 Å². The molecular weight excluding hydrogens is 289 g/mol. The molecule has 7 heteroatoms. The van der Waals surface area contributed by atoms with Gasteiger partial charge in [0.1, 0.15) is 17.9 Å². The van der Waals surface area contributed by atoms with E-state index in [1.807, 2.05) is 0 Å². The van der Waals surface area contributed by atoms with Crippen LogP contribution in [0.4, 0.5) is 13.2 Å². The third kappa shape index (κ3) is 3.55. The molecule has 0 fully saturated rings. The fraction of sp³-hybridized carbons (Fsp3) is 0.357. The molecule has 0 aliphatic carbocycles. The molecule has 0 amide bonds. The third-order valence-electron chi connectivity index (χ3n) is 2.94. The molecule has 2 aromatic rings. The van der Waals surface area contributed by atoms with Crippen LogP contribution in [0.15, 0.2) is 33.5 Å².